The van der Waals surface area contributed by atoms with Gasteiger partial charge in [-0.25, -0.2) is 4.79 Å². The third kappa shape index (κ3) is 2.66. The lowest BCUT2D eigenvalue weighted by Crippen LogP contribution is -1.99. The standard InChI is InChI=1S/C14H11IO2/c1-9-8-11(4-7-13(9)14(16)17)10-2-5-12(15)6-3-10/h2-8H,1H3,(H,16,17). The second-order valence-electron chi connectivity index (χ2n) is 3.84. The van der Waals surface area contributed by atoms with E-state index in [9.17, 15) is 4.79 Å². The van der Waals surface area contributed by atoms with Crippen molar-refractivity contribution in [3.63, 3.8) is 0 Å². The SMILES string of the molecule is Cc1cc(-c2ccc(I)cc2)ccc1C(=O)O. The summed E-state index contributed by atoms with van der Waals surface area (Å²) in [7, 11) is 0. The van der Waals surface area contributed by atoms with E-state index in [1.807, 2.05) is 43.3 Å². The molecule has 2 aromatic carbocycles. The van der Waals surface area contributed by atoms with Gasteiger partial charge in [-0.1, -0.05) is 24.3 Å². The molecule has 0 aromatic heterocycles. The number of halogens is 1. The van der Waals surface area contributed by atoms with Crippen LogP contribution in [0.4, 0.5) is 0 Å². The van der Waals surface area contributed by atoms with Gasteiger partial charge in [0, 0.05) is 3.57 Å². The summed E-state index contributed by atoms with van der Waals surface area (Å²) in [5, 5.41) is 8.96. The van der Waals surface area contributed by atoms with Crippen LogP contribution in [0.2, 0.25) is 0 Å². The minimum atomic E-state index is -0.878. The molecule has 0 aliphatic carbocycles. The number of rotatable bonds is 2. The van der Waals surface area contributed by atoms with Crippen LogP contribution in [0.3, 0.4) is 0 Å². The fraction of sp³-hybridized carbons (Fsp3) is 0.0714. The van der Waals surface area contributed by atoms with Crippen LogP contribution in [0.15, 0.2) is 42.5 Å². The lowest BCUT2D eigenvalue weighted by atomic mass is 10.00. The Hall–Kier alpha value is -1.36. The molecule has 2 nitrogen and oxygen atoms in total. The van der Waals surface area contributed by atoms with Crippen LogP contribution in [0, 0.1) is 10.5 Å². The van der Waals surface area contributed by atoms with Crippen LogP contribution in [-0.4, -0.2) is 11.1 Å². The number of aromatic carboxylic acids is 1. The minimum Gasteiger partial charge on any atom is -0.478 e. The van der Waals surface area contributed by atoms with Gasteiger partial charge in [-0.15, -0.1) is 0 Å². The van der Waals surface area contributed by atoms with E-state index in [0.717, 1.165) is 16.7 Å². The first-order valence-electron chi connectivity index (χ1n) is 5.18. The summed E-state index contributed by atoms with van der Waals surface area (Å²) < 4.78 is 1.19. The molecular formula is C14H11IO2. The number of hydrogen-bond acceptors (Lipinski definition) is 1. The van der Waals surface area contributed by atoms with Gasteiger partial charge in [-0.3, -0.25) is 0 Å². The molecule has 0 heterocycles. The number of carbonyl (C=O) groups is 1. The lowest BCUT2D eigenvalue weighted by molar-refractivity contribution is 0.0696. The number of hydrogen-bond donors (Lipinski definition) is 1. The van der Waals surface area contributed by atoms with Gasteiger partial charge < -0.3 is 5.11 Å². The molecule has 0 bridgehead atoms. The molecule has 0 saturated carbocycles. The van der Waals surface area contributed by atoms with Crippen LogP contribution in [0.5, 0.6) is 0 Å². The molecule has 0 unspecified atom stereocenters. The number of carboxylic acids is 1. The fourth-order valence-corrected chi connectivity index (χ4v) is 2.09. The van der Waals surface area contributed by atoms with E-state index in [1.54, 1.807) is 6.07 Å². The van der Waals surface area contributed by atoms with E-state index in [-0.39, 0.29) is 0 Å². The van der Waals surface area contributed by atoms with Gasteiger partial charge in [-0.05, 0) is 64.4 Å². The van der Waals surface area contributed by atoms with Crippen molar-refractivity contribution < 1.29 is 9.90 Å². The van der Waals surface area contributed by atoms with Crippen molar-refractivity contribution in [1.29, 1.82) is 0 Å². The first kappa shape index (κ1) is 12.1. The summed E-state index contributed by atoms with van der Waals surface area (Å²) >= 11 is 2.26. The monoisotopic (exact) mass is 338 g/mol. The van der Waals surface area contributed by atoms with Crippen LogP contribution >= 0.6 is 22.6 Å². The Labute approximate surface area is 113 Å². The molecule has 2 aromatic rings. The van der Waals surface area contributed by atoms with E-state index in [4.69, 9.17) is 5.11 Å². The average Bonchev–Trinajstić information content (AvgIpc) is 2.29. The van der Waals surface area contributed by atoms with Crippen LogP contribution < -0.4 is 0 Å². The van der Waals surface area contributed by atoms with E-state index in [2.05, 4.69) is 22.6 Å². The van der Waals surface area contributed by atoms with Crippen molar-refractivity contribution in [2.24, 2.45) is 0 Å². The molecule has 1 N–H and O–H groups in total. The number of benzene rings is 2. The van der Waals surface area contributed by atoms with Crippen molar-refractivity contribution in [2.45, 2.75) is 6.92 Å². The van der Waals surface area contributed by atoms with Crippen LogP contribution in [0.1, 0.15) is 15.9 Å². The van der Waals surface area contributed by atoms with Gasteiger partial charge in [0.25, 0.3) is 0 Å². The summed E-state index contributed by atoms with van der Waals surface area (Å²) in [6.45, 7) is 1.82. The number of carboxylic acid groups (broad SMARTS) is 1. The zero-order valence-electron chi connectivity index (χ0n) is 9.27. The Kier molecular flexibility index (Phi) is 3.47. The summed E-state index contributed by atoms with van der Waals surface area (Å²) in [4.78, 5) is 10.9. The van der Waals surface area contributed by atoms with Crippen molar-refractivity contribution in [3.05, 3.63) is 57.2 Å². The number of aryl methyl sites for hydroxylation is 1. The Morgan fingerprint density at radius 3 is 2.18 bits per heavy atom. The first-order chi connectivity index (χ1) is 8.08. The highest BCUT2D eigenvalue weighted by atomic mass is 127. The van der Waals surface area contributed by atoms with Gasteiger partial charge >= 0.3 is 5.97 Å². The fourth-order valence-electron chi connectivity index (χ4n) is 1.73. The molecule has 0 fully saturated rings. The predicted octanol–water partition coefficient (Wildman–Crippen LogP) is 3.96. The molecule has 0 saturated heterocycles. The summed E-state index contributed by atoms with van der Waals surface area (Å²) in [5.41, 5.74) is 3.29. The molecule has 2 rings (SSSR count). The molecule has 0 aliphatic rings. The predicted molar refractivity (Wildman–Crippen MR) is 76.3 cm³/mol. The lowest BCUT2D eigenvalue weighted by Gasteiger charge is -2.06. The third-order valence-electron chi connectivity index (χ3n) is 2.63. The van der Waals surface area contributed by atoms with Gasteiger partial charge in [0.15, 0.2) is 0 Å². The van der Waals surface area contributed by atoms with Crippen molar-refractivity contribution in [1.82, 2.24) is 0 Å². The molecule has 17 heavy (non-hydrogen) atoms. The third-order valence-corrected chi connectivity index (χ3v) is 3.35. The second kappa shape index (κ2) is 4.87. The van der Waals surface area contributed by atoms with E-state index >= 15 is 0 Å². The summed E-state index contributed by atoms with van der Waals surface area (Å²) in [5.74, 6) is -0.878. The highest BCUT2D eigenvalue weighted by Crippen LogP contribution is 2.23. The summed E-state index contributed by atoms with van der Waals surface area (Å²) in [6, 6.07) is 13.6. The molecule has 86 valence electrons. The molecular weight excluding hydrogens is 327 g/mol. The maximum Gasteiger partial charge on any atom is 0.335 e. The zero-order valence-corrected chi connectivity index (χ0v) is 11.4. The maximum atomic E-state index is 10.9. The van der Waals surface area contributed by atoms with E-state index in [0.29, 0.717) is 5.56 Å². The van der Waals surface area contributed by atoms with E-state index < -0.39 is 5.97 Å². The second-order valence-corrected chi connectivity index (χ2v) is 5.09. The average molecular weight is 338 g/mol. The molecule has 0 radical (unpaired) electrons. The van der Waals surface area contributed by atoms with Crippen molar-refractivity contribution in [3.8, 4) is 11.1 Å². The molecule has 0 amide bonds. The highest BCUT2D eigenvalue weighted by Gasteiger charge is 2.07. The quantitative estimate of drug-likeness (QED) is 0.842. The Bertz CT molecular complexity index is 559. The van der Waals surface area contributed by atoms with Crippen molar-refractivity contribution >= 4 is 28.6 Å². The minimum absolute atomic E-state index is 0.360. The largest absolute Gasteiger partial charge is 0.478 e. The van der Waals surface area contributed by atoms with Crippen molar-refractivity contribution in [2.75, 3.05) is 0 Å². The highest BCUT2D eigenvalue weighted by molar-refractivity contribution is 14.1. The topological polar surface area (TPSA) is 37.3 Å². The van der Waals surface area contributed by atoms with Gasteiger partial charge in [0.2, 0.25) is 0 Å². The van der Waals surface area contributed by atoms with Gasteiger partial charge in [0.05, 0.1) is 5.56 Å². The summed E-state index contributed by atoms with van der Waals surface area (Å²) in [6.07, 6.45) is 0. The smallest absolute Gasteiger partial charge is 0.335 e. The molecule has 0 atom stereocenters. The van der Waals surface area contributed by atoms with Gasteiger partial charge in [0.1, 0.15) is 0 Å². The molecule has 3 heteroatoms. The van der Waals surface area contributed by atoms with Gasteiger partial charge in [-0.2, -0.15) is 0 Å². The Morgan fingerprint density at radius 2 is 1.65 bits per heavy atom. The first-order valence-corrected chi connectivity index (χ1v) is 6.25. The zero-order chi connectivity index (χ0) is 12.4. The Morgan fingerprint density at radius 1 is 1.06 bits per heavy atom. The molecule has 0 aliphatic heterocycles. The maximum absolute atomic E-state index is 10.9. The Balaban J connectivity index is 2.44. The normalized spacial score (nSPS) is 10.2. The van der Waals surface area contributed by atoms with E-state index in [1.165, 1.54) is 3.57 Å². The van der Waals surface area contributed by atoms with Crippen LogP contribution in [-0.2, 0) is 0 Å². The van der Waals surface area contributed by atoms with Crippen LogP contribution in [0.25, 0.3) is 11.1 Å². The molecule has 0 spiro atoms.